The summed E-state index contributed by atoms with van der Waals surface area (Å²) in [6, 6.07) is 6.53. The smallest absolute Gasteiger partial charge is 0.217 e. The van der Waals surface area contributed by atoms with Crippen molar-refractivity contribution in [2.45, 2.75) is 31.1 Å². The van der Waals surface area contributed by atoms with Gasteiger partial charge in [0.2, 0.25) is 9.84 Å². The number of nitriles is 1. The molecule has 0 saturated carbocycles. The summed E-state index contributed by atoms with van der Waals surface area (Å²) in [6.07, 6.45) is 1.33. The lowest BCUT2D eigenvalue weighted by Crippen LogP contribution is -2.12. The monoisotopic (exact) mass is 425 g/mol. The van der Waals surface area contributed by atoms with Crippen molar-refractivity contribution < 1.29 is 13.5 Å². The van der Waals surface area contributed by atoms with Gasteiger partial charge in [-0.2, -0.15) is 16.6 Å². The van der Waals surface area contributed by atoms with Gasteiger partial charge in [-0.1, -0.05) is 20.8 Å². The Balaban J connectivity index is 2.62. The molecule has 4 nitrogen and oxygen atoms in total. The lowest BCUT2D eigenvalue weighted by Gasteiger charge is -2.21. The predicted molar refractivity (Wildman–Crippen MR) is 99.6 cm³/mol. The summed E-state index contributed by atoms with van der Waals surface area (Å²) in [5, 5.41) is 22.7. The molecule has 0 amide bonds. The summed E-state index contributed by atoms with van der Waals surface area (Å²) in [6.45, 7) is 5.82. The third-order valence-electron chi connectivity index (χ3n) is 3.40. The van der Waals surface area contributed by atoms with E-state index in [2.05, 4.69) is 15.9 Å². The normalized spacial score (nSPS) is 12.9. The van der Waals surface area contributed by atoms with Gasteiger partial charge in [0.1, 0.15) is 16.7 Å². The Bertz CT molecular complexity index is 931. The van der Waals surface area contributed by atoms with E-state index >= 15 is 0 Å². The number of thiophene rings is 1. The van der Waals surface area contributed by atoms with Crippen molar-refractivity contribution in [1.29, 1.82) is 5.26 Å². The third-order valence-corrected chi connectivity index (χ3v) is 6.50. The average Bonchev–Trinajstić information content (AvgIpc) is 3.01. The molecule has 0 atom stereocenters. The van der Waals surface area contributed by atoms with Crippen molar-refractivity contribution in [3.8, 4) is 11.8 Å². The molecule has 0 aliphatic carbocycles. The van der Waals surface area contributed by atoms with Crippen LogP contribution in [0.25, 0.3) is 6.08 Å². The molecule has 0 radical (unpaired) electrons. The van der Waals surface area contributed by atoms with E-state index in [-0.39, 0.29) is 21.0 Å². The molecule has 0 fully saturated rings. The number of nitrogens with zero attached hydrogens (tertiary/aromatic N) is 1. The number of aromatic hydroxyl groups is 1. The molecule has 0 spiro atoms. The number of phenols is 1. The molecular formula is C17H16BrNO3S2. The molecule has 24 heavy (non-hydrogen) atoms. The van der Waals surface area contributed by atoms with Gasteiger partial charge in [-0.05, 0) is 56.6 Å². The highest BCUT2D eigenvalue weighted by atomic mass is 79.9. The van der Waals surface area contributed by atoms with Crippen LogP contribution in [0, 0.1) is 11.3 Å². The van der Waals surface area contributed by atoms with Crippen molar-refractivity contribution in [1.82, 2.24) is 0 Å². The summed E-state index contributed by atoms with van der Waals surface area (Å²) in [5.41, 5.74) is 0.850. The van der Waals surface area contributed by atoms with Gasteiger partial charge in [-0.15, -0.1) is 0 Å². The van der Waals surface area contributed by atoms with Crippen LogP contribution in [0.3, 0.4) is 0 Å². The van der Waals surface area contributed by atoms with Gasteiger partial charge in [0.15, 0.2) is 0 Å². The first-order valence-electron chi connectivity index (χ1n) is 6.99. The second-order valence-corrected chi connectivity index (χ2v) is 9.78. The van der Waals surface area contributed by atoms with Crippen LogP contribution in [0.5, 0.6) is 5.75 Å². The topological polar surface area (TPSA) is 78.2 Å². The van der Waals surface area contributed by atoms with Gasteiger partial charge in [0, 0.05) is 10.9 Å². The first kappa shape index (κ1) is 18.7. The Morgan fingerprint density at radius 3 is 2.54 bits per heavy atom. The summed E-state index contributed by atoms with van der Waals surface area (Å²) >= 11 is 4.53. The fraction of sp³-hybridized carbons (Fsp3) is 0.235. The minimum atomic E-state index is -3.84. The summed E-state index contributed by atoms with van der Waals surface area (Å²) in [7, 11) is -3.84. The summed E-state index contributed by atoms with van der Waals surface area (Å²) in [5.74, 6) is 0.110. The predicted octanol–water partition coefficient (Wildman–Crippen LogP) is 4.85. The SMILES string of the molecule is CC(C)(C)c1cc(C=C(C#N)S(=O)(=O)c2ccsc2)cc(Br)c1O. The number of allylic oxidation sites excluding steroid dienone is 1. The zero-order valence-electron chi connectivity index (χ0n) is 13.4. The summed E-state index contributed by atoms with van der Waals surface area (Å²) in [4.78, 5) is -0.229. The number of halogens is 1. The molecule has 0 unspecified atom stereocenters. The van der Waals surface area contributed by atoms with Crippen LogP contribution in [-0.4, -0.2) is 13.5 Å². The van der Waals surface area contributed by atoms with Crippen molar-refractivity contribution >= 4 is 43.2 Å². The van der Waals surface area contributed by atoms with Crippen LogP contribution in [0.2, 0.25) is 0 Å². The Kier molecular flexibility index (Phi) is 5.23. The molecule has 0 aliphatic heterocycles. The number of hydrogen-bond donors (Lipinski definition) is 1. The van der Waals surface area contributed by atoms with E-state index in [1.165, 1.54) is 28.9 Å². The molecule has 7 heteroatoms. The lowest BCUT2D eigenvalue weighted by atomic mass is 9.85. The van der Waals surface area contributed by atoms with Gasteiger partial charge in [0.05, 0.1) is 9.37 Å². The zero-order chi connectivity index (χ0) is 18.1. The van der Waals surface area contributed by atoms with Gasteiger partial charge in [-0.3, -0.25) is 0 Å². The van der Waals surface area contributed by atoms with Crippen LogP contribution in [0.1, 0.15) is 31.9 Å². The Morgan fingerprint density at radius 2 is 2.04 bits per heavy atom. The van der Waals surface area contributed by atoms with Crippen molar-refractivity contribution in [3.05, 3.63) is 49.5 Å². The van der Waals surface area contributed by atoms with Crippen LogP contribution in [0.15, 0.2) is 43.2 Å². The number of sulfone groups is 1. The zero-order valence-corrected chi connectivity index (χ0v) is 16.6. The standard InChI is InChI=1S/C17H16BrNO3S2/c1-17(2,3)14-7-11(8-15(18)16(14)20)6-13(9-19)24(21,22)12-4-5-23-10-12/h4-8,10,20H,1-3H3. The third kappa shape index (κ3) is 3.72. The maximum Gasteiger partial charge on any atom is 0.217 e. The van der Waals surface area contributed by atoms with E-state index in [1.807, 2.05) is 20.8 Å². The van der Waals surface area contributed by atoms with Gasteiger partial charge in [-0.25, -0.2) is 8.42 Å². The highest BCUT2D eigenvalue weighted by Crippen LogP contribution is 2.38. The largest absolute Gasteiger partial charge is 0.506 e. The van der Waals surface area contributed by atoms with Gasteiger partial charge >= 0.3 is 0 Å². The summed E-state index contributed by atoms with van der Waals surface area (Å²) < 4.78 is 25.5. The second kappa shape index (κ2) is 6.71. The average molecular weight is 426 g/mol. The van der Waals surface area contributed by atoms with Crippen molar-refractivity contribution in [2.24, 2.45) is 0 Å². The van der Waals surface area contributed by atoms with Crippen LogP contribution in [-0.2, 0) is 15.3 Å². The molecule has 1 heterocycles. The van der Waals surface area contributed by atoms with E-state index in [0.29, 0.717) is 15.6 Å². The second-order valence-electron chi connectivity index (χ2n) is 6.23. The van der Waals surface area contributed by atoms with Crippen LogP contribution in [0.4, 0.5) is 0 Å². The minimum absolute atomic E-state index is 0.106. The lowest BCUT2D eigenvalue weighted by molar-refractivity contribution is 0.443. The highest BCUT2D eigenvalue weighted by Gasteiger charge is 2.23. The van der Waals surface area contributed by atoms with E-state index in [9.17, 15) is 18.8 Å². The number of phenolic OH excluding ortho intramolecular Hbond substituents is 1. The molecule has 1 aromatic heterocycles. The Morgan fingerprint density at radius 1 is 1.38 bits per heavy atom. The number of hydrogen-bond acceptors (Lipinski definition) is 5. The maximum absolute atomic E-state index is 12.5. The molecule has 0 saturated heterocycles. The van der Waals surface area contributed by atoms with Gasteiger partial charge in [0.25, 0.3) is 0 Å². The van der Waals surface area contributed by atoms with Crippen molar-refractivity contribution in [3.63, 3.8) is 0 Å². The molecular weight excluding hydrogens is 410 g/mol. The maximum atomic E-state index is 12.5. The van der Waals surface area contributed by atoms with Gasteiger partial charge < -0.3 is 5.11 Å². The molecule has 1 N–H and O–H groups in total. The van der Waals surface area contributed by atoms with Crippen LogP contribution < -0.4 is 0 Å². The molecule has 126 valence electrons. The Labute approximate surface area is 154 Å². The van der Waals surface area contributed by atoms with E-state index in [1.54, 1.807) is 23.6 Å². The molecule has 2 rings (SSSR count). The molecule has 2 aromatic rings. The highest BCUT2D eigenvalue weighted by molar-refractivity contribution is 9.10. The van der Waals surface area contributed by atoms with E-state index in [0.717, 1.165) is 0 Å². The minimum Gasteiger partial charge on any atom is -0.506 e. The first-order valence-corrected chi connectivity index (χ1v) is 10.2. The fourth-order valence-corrected chi connectivity index (χ4v) is 4.79. The Hall–Kier alpha value is -1.62. The van der Waals surface area contributed by atoms with Crippen molar-refractivity contribution in [2.75, 3.05) is 0 Å². The number of rotatable bonds is 3. The molecule has 0 bridgehead atoms. The molecule has 1 aromatic carbocycles. The molecule has 0 aliphatic rings. The van der Waals surface area contributed by atoms with Crippen LogP contribution >= 0.6 is 27.3 Å². The quantitative estimate of drug-likeness (QED) is 0.712. The fourth-order valence-electron chi connectivity index (χ4n) is 2.13. The van der Waals surface area contributed by atoms with E-state index in [4.69, 9.17) is 0 Å². The van der Waals surface area contributed by atoms with E-state index < -0.39 is 9.84 Å². The number of benzene rings is 1. The first-order chi connectivity index (χ1) is 11.1.